The Balaban J connectivity index is 2.10. The number of hydrogen-bond donors (Lipinski definition) is 2. The van der Waals surface area contributed by atoms with Crippen molar-refractivity contribution in [2.45, 2.75) is 52.5 Å². The molecule has 2 aromatic rings. The molecule has 0 bridgehead atoms. The van der Waals surface area contributed by atoms with Crippen LogP contribution in [0.4, 0.5) is 5.69 Å². The average molecular weight is 419 g/mol. The maximum atomic E-state index is 12.8. The molecule has 0 fully saturated rings. The van der Waals surface area contributed by atoms with Gasteiger partial charge in [-0.15, -0.1) is 0 Å². The van der Waals surface area contributed by atoms with Gasteiger partial charge in [0.2, 0.25) is 0 Å². The van der Waals surface area contributed by atoms with Gasteiger partial charge in [0, 0.05) is 6.54 Å². The molecule has 158 valence electrons. The van der Waals surface area contributed by atoms with Gasteiger partial charge in [0.1, 0.15) is 5.75 Å². The molecule has 0 saturated carbocycles. The van der Waals surface area contributed by atoms with Crippen LogP contribution in [0, 0.1) is 26.7 Å². The third-order valence-electron chi connectivity index (χ3n) is 4.41. The maximum Gasteiger partial charge on any atom is 0.261 e. The zero-order chi connectivity index (χ0) is 21.8. The van der Waals surface area contributed by atoms with E-state index in [9.17, 15) is 13.2 Å². The zero-order valence-corrected chi connectivity index (χ0v) is 18.7. The summed E-state index contributed by atoms with van der Waals surface area (Å²) in [6.07, 6.45) is -0.674. The van der Waals surface area contributed by atoms with E-state index in [0.29, 0.717) is 23.9 Å². The van der Waals surface area contributed by atoms with Crippen LogP contribution in [0.1, 0.15) is 37.5 Å². The number of ether oxygens (including phenoxy) is 1. The number of carbonyl (C=O) groups excluding carboxylic acids is 1. The van der Waals surface area contributed by atoms with Crippen LogP contribution in [0.25, 0.3) is 0 Å². The molecule has 7 heteroatoms. The molecule has 29 heavy (non-hydrogen) atoms. The van der Waals surface area contributed by atoms with Gasteiger partial charge in [0.15, 0.2) is 6.10 Å². The average Bonchev–Trinajstić information content (AvgIpc) is 2.63. The summed E-state index contributed by atoms with van der Waals surface area (Å²) in [6.45, 7) is 12.0. The van der Waals surface area contributed by atoms with Crippen molar-refractivity contribution in [3.63, 3.8) is 0 Å². The van der Waals surface area contributed by atoms with E-state index in [-0.39, 0.29) is 10.8 Å². The number of amides is 1. The first-order valence-corrected chi connectivity index (χ1v) is 11.1. The van der Waals surface area contributed by atoms with E-state index >= 15 is 0 Å². The monoisotopic (exact) mass is 418 g/mol. The van der Waals surface area contributed by atoms with Crippen LogP contribution in [-0.4, -0.2) is 27.0 Å². The highest BCUT2D eigenvalue weighted by Gasteiger charge is 2.18. The predicted octanol–water partition coefficient (Wildman–Crippen LogP) is 3.95. The second-order valence-electron chi connectivity index (χ2n) is 7.75. The topological polar surface area (TPSA) is 84.5 Å². The third-order valence-corrected chi connectivity index (χ3v) is 5.78. The number of anilines is 1. The lowest BCUT2D eigenvalue weighted by Crippen LogP contribution is -2.38. The summed E-state index contributed by atoms with van der Waals surface area (Å²) < 4.78 is 33.8. The second-order valence-corrected chi connectivity index (χ2v) is 9.43. The number of hydrogen-bond acceptors (Lipinski definition) is 4. The molecule has 2 aromatic carbocycles. The Labute approximate surface area is 173 Å². The highest BCUT2D eigenvalue weighted by molar-refractivity contribution is 7.92. The fourth-order valence-electron chi connectivity index (χ4n) is 2.94. The molecule has 0 aliphatic rings. The minimum Gasteiger partial charge on any atom is -0.481 e. The van der Waals surface area contributed by atoms with Crippen molar-refractivity contribution in [3.05, 3.63) is 53.1 Å². The molecule has 2 rings (SSSR count). The van der Waals surface area contributed by atoms with Crippen molar-refractivity contribution in [1.29, 1.82) is 0 Å². The quantitative estimate of drug-likeness (QED) is 0.680. The van der Waals surface area contributed by atoms with Gasteiger partial charge in [-0.1, -0.05) is 31.5 Å². The number of benzene rings is 2. The van der Waals surface area contributed by atoms with E-state index < -0.39 is 16.1 Å². The van der Waals surface area contributed by atoms with Gasteiger partial charge in [-0.3, -0.25) is 9.52 Å². The van der Waals surface area contributed by atoms with E-state index in [2.05, 4.69) is 10.0 Å². The Morgan fingerprint density at radius 2 is 1.55 bits per heavy atom. The number of nitrogens with one attached hydrogen (secondary N) is 2. The van der Waals surface area contributed by atoms with Crippen LogP contribution in [0.2, 0.25) is 0 Å². The molecule has 1 atom stereocenters. The Kier molecular flexibility index (Phi) is 7.30. The number of carbonyl (C=O) groups is 1. The molecular weight excluding hydrogens is 388 g/mol. The Hall–Kier alpha value is -2.54. The number of rotatable bonds is 8. The summed E-state index contributed by atoms with van der Waals surface area (Å²) >= 11 is 0. The van der Waals surface area contributed by atoms with Crippen molar-refractivity contribution in [3.8, 4) is 5.75 Å². The second kappa shape index (κ2) is 9.31. The molecule has 2 N–H and O–H groups in total. The Morgan fingerprint density at radius 3 is 2.07 bits per heavy atom. The van der Waals surface area contributed by atoms with Crippen LogP contribution in [0.3, 0.4) is 0 Å². The van der Waals surface area contributed by atoms with Crippen molar-refractivity contribution in [1.82, 2.24) is 5.32 Å². The van der Waals surface area contributed by atoms with Gasteiger partial charge in [-0.05, 0) is 69.0 Å². The molecule has 0 saturated heterocycles. The minimum atomic E-state index is -3.74. The van der Waals surface area contributed by atoms with Gasteiger partial charge in [0.25, 0.3) is 15.9 Å². The fourth-order valence-corrected chi connectivity index (χ4v) is 4.14. The standard InChI is InChI=1S/C22H30N2O4S/c1-14(2)13-23-22(25)18(6)28-19-7-9-20(10-8-19)29(26,27)24-21-16(4)11-15(3)12-17(21)5/h7-12,14,18,24H,13H2,1-6H3,(H,23,25)/t18-/m0/s1. The third kappa shape index (κ3) is 6.22. The summed E-state index contributed by atoms with van der Waals surface area (Å²) in [5, 5.41) is 2.81. The van der Waals surface area contributed by atoms with Crippen LogP contribution in [0.5, 0.6) is 5.75 Å². The molecule has 6 nitrogen and oxygen atoms in total. The van der Waals surface area contributed by atoms with Gasteiger partial charge in [-0.25, -0.2) is 8.42 Å². The first-order chi connectivity index (χ1) is 13.5. The molecule has 0 spiro atoms. The maximum absolute atomic E-state index is 12.8. The molecule has 0 aliphatic heterocycles. The smallest absolute Gasteiger partial charge is 0.261 e. The van der Waals surface area contributed by atoms with Crippen LogP contribution < -0.4 is 14.8 Å². The van der Waals surface area contributed by atoms with Gasteiger partial charge >= 0.3 is 0 Å². The SMILES string of the molecule is Cc1cc(C)c(NS(=O)(=O)c2ccc(O[C@@H](C)C(=O)NCC(C)C)cc2)c(C)c1. The molecule has 0 aromatic heterocycles. The molecule has 0 heterocycles. The first kappa shape index (κ1) is 22.7. The largest absolute Gasteiger partial charge is 0.481 e. The van der Waals surface area contributed by atoms with Crippen molar-refractivity contribution < 1.29 is 17.9 Å². The van der Waals surface area contributed by atoms with Crippen LogP contribution in [-0.2, 0) is 14.8 Å². The van der Waals surface area contributed by atoms with Gasteiger partial charge < -0.3 is 10.1 Å². The van der Waals surface area contributed by atoms with Crippen LogP contribution in [0.15, 0.2) is 41.3 Å². The zero-order valence-electron chi connectivity index (χ0n) is 17.9. The van der Waals surface area contributed by atoms with E-state index in [0.717, 1.165) is 16.7 Å². The van der Waals surface area contributed by atoms with E-state index in [1.54, 1.807) is 19.1 Å². The summed E-state index contributed by atoms with van der Waals surface area (Å²) in [4.78, 5) is 12.2. The molecule has 0 radical (unpaired) electrons. The number of aryl methyl sites for hydroxylation is 3. The Bertz CT molecular complexity index is 944. The molecular formula is C22H30N2O4S. The highest BCUT2D eigenvalue weighted by atomic mass is 32.2. The normalized spacial score (nSPS) is 12.5. The van der Waals surface area contributed by atoms with E-state index in [1.807, 2.05) is 46.8 Å². The van der Waals surface area contributed by atoms with Gasteiger partial charge in [-0.2, -0.15) is 0 Å². The Morgan fingerprint density at radius 1 is 1.00 bits per heavy atom. The molecule has 0 unspecified atom stereocenters. The lowest BCUT2D eigenvalue weighted by atomic mass is 10.1. The lowest BCUT2D eigenvalue weighted by molar-refractivity contribution is -0.127. The predicted molar refractivity (Wildman–Crippen MR) is 116 cm³/mol. The fraction of sp³-hybridized carbons (Fsp3) is 0.409. The van der Waals surface area contributed by atoms with Gasteiger partial charge in [0.05, 0.1) is 10.6 Å². The van der Waals surface area contributed by atoms with E-state index in [4.69, 9.17) is 4.74 Å². The summed E-state index contributed by atoms with van der Waals surface area (Å²) in [6, 6.07) is 9.91. The summed E-state index contributed by atoms with van der Waals surface area (Å²) in [5.41, 5.74) is 3.40. The summed E-state index contributed by atoms with van der Waals surface area (Å²) in [5.74, 6) is 0.574. The molecule has 1 amide bonds. The minimum absolute atomic E-state index is 0.126. The lowest BCUT2D eigenvalue weighted by Gasteiger charge is -2.16. The van der Waals surface area contributed by atoms with Crippen molar-refractivity contribution in [2.75, 3.05) is 11.3 Å². The molecule has 0 aliphatic carbocycles. The van der Waals surface area contributed by atoms with Crippen molar-refractivity contribution >= 4 is 21.6 Å². The highest BCUT2D eigenvalue weighted by Crippen LogP contribution is 2.26. The van der Waals surface area contributed by atoms with E-state index in [1.165, 1.54) is 12.1 Å². The number of sulfonamides is 1. The summed E-state index contributed by atoms with van der Waals surface area (Å²) in [7, 11) is -3.74. The van der Waals surface area contributed by atoms with Crippen LogP contribution >= 0.6 is 0 Å². The first-order valence-electron chi connectivity index (χ1n) is 9.64. The van der Waals surface area contributed by atoms with Crippen molar-refractivity contribution in [2.24, 2.45) is 5.92 Å².